The van der Waals surface area contributed by atoms with Crippen molar-refractivity contribution in [3.05, 3.63) is 29.8 Å². The molecule has 0 unspecified atom stereocenters. The molecule has 1 N–H and O–H groups in total. The van der Waals surface area contributed by atoms with Crippen LogP contribution in [0, 0.1) is 12.3 Å². The van der Waals surface area contributed by atoms with Crippen LogP contribution in [-0.4, -0.2) is 19.1 Å². The van der Waals surface area contributed by atoms with Crippen LogP contribution in [0.4, 0.5) is 5.69 Å². The van der Waals surface area contributed by atoms with Gasteiger partial charge in [-0.2, -0.15) is 0 Å². The maximum Gasteiger partial charge on any atom is 0.307 e. The number of nitrogens with one attached hydrogen (secondary N) is 1. The van der Waals surface area contributed by atoms with E-state index < -0.39 is 0 Å². The van der Waals surface area contributed by atoms with E-state index in [0.717, 1.165) is 12.1 Å². The lowest BCUT2D eigenvalue weighted by molar-refractivity contribution is -0.143. The van der Waals surface area contributed by atoms with Crippen LogP contribution in [0.2, 0.25) is 0 Å². The highest BCUT2D eigenvalue weighted by atomic mass is 16.5. The highest BCUT2D eigenvalue weighted by Gasteiger charge is 2.11. The number of rotatable bonds is 6. The summed E-state index contributed by atoms with van der Waals surface area (Å²) in [6, 6.07) is 8.04. The number of para-hydroxylation sites is 1. The second kappa shape index (κ2) is 7.17. The standard InChI is InChI=1S/C16H25NO2/c1-13-7-5-6-8-14(13)17-11-9-15(18)19-12-10-16(2,3)4/h5-8,17H,9-12H2,1-4H3. The molecular weight excluding hydrogens is 238 g/mol. The maximum atomic E-state index is 11.5. The first-order valence-corrected chi connectivity index (χ1v) is 6.83. The zero-order valence-electron chi connectivity index (χ0n) is 12.5. The van der Waals surface area contributed by atoms with Gasteiger partial charge in [0.15, 0.2) is 0 Å². The van der Waals surface area contributed by atoms with Crippen LogP contribution in [0.1, 0.15) is 39.2 Å². The highest BCUT2D eigenvalue weighted by Crippen LogP contribution is 2.18. The minimum atomic E-state index is -0.134. The quantitative estimate of drug-likeness (QED) is 0.794. The van der Waals surface area contributed by atoms with Crippen LogP contribution >= 0.6 is 0 Å². The van der Waals surface area contributed by atoms with E-state index in [2.05, 4.69) is 26.1 Å². The lowest BCUT2D eigenvalue weighted by atomic mass is 9.93. The summed E-state index contributed by atoms with van der Waals surface area (Å²) in [5.41, 5.74) is 2.47. The third kappa shape index (κ3) is 6.85. The molecule has 0 bridgehead atoms. The third-order valence-electron chi connectivity index (χ3n) is 2.90. The van der Waals surface area contributed by atoms with Gasteiger partial charge >= 0.3 is 5.97 Å². The van der Waals surface area contributed by atoms with Gasteiger partial charge in [-0.05, 0) is 30.4 Å². The number of carbonyl (C=O) groups excluding carboxylic acids is 1. The third-order valence-corrected chi connectivity index (χ3v) is 2.90. The van der Waals surface area contributed by atoms with E-state index in [4.69, 9.17) is 4.74 Å². The lowest BCUT2D eigenvalue weighted by Crippen LogP contribution is -2.15. The summed E-state index contributed by atoms with van der Waals surface area (Å²) in [6.45, 7) is 9.58. The monoisotopic (exact) mass is 263 g/mol. The van der Waals surface area contributed by atoms with Gasteiger partial charge in [-0.25, -0.2) is 0 Å². The van der Waals surface area contributed by atoms with Crippen LogP contribution in [0.25, 0.3) is 0 Å². The predicted octanol–water partition coefficient (Wildman–Crippen LogP) is 3.78. The van der Waals surface area contributed by atoms with Gasteiger partial charge in [0.25, 0.3) is 0 Å². The Morgan fingerprint density at radius 3 is 2.58 bits per heavy atom. The Morgan fingerprint density at radius 2 is 1.95 bits per heavy atom. The molecule has 0 aromatic heterocycles. The average Bonchev–Trinajstić information content (AvgIpc) is 2.30. The largest absolute Gasteiger partial charge is 0.466 e. The van der Waals surface area contributed by atoms with Crippen LogP contribution in [-0.2, 0) is 9.53 Å². The van der Waals surface area contributed by atoms with Gasteiger partial charge in [0.05, 0.1) is 13.0 Å². The Bertz CT molecular complexity index is 407. The Hall–Kier alpha value is -1.51. The number of hydrogen-bond acceptors (Lipinski definition) is 3. The van der Waals surface area contributed by atoms with Crippen LogP contribution in [0.3, 0.4) is 0 Å². The molecule has 106 valence electrons. The summed E-state index contributed by atoms with van der Waals surface area (Å²) in [5, 5.41) is 3.25. The number of anilines is 1. The SMILES string of the molecule is Cc1ccccc1NCCC(=O)OCCC(C)(C)C. The van der Waals surface area contributed by atoms with Crippen molar-refractivity contribution in [3.8, 4) is 0 Å². The average molecular weight is 263 g/mol. The molecular formula is C16H25NO2. The maximum absolute atomic E-state index is 11.5. The molecule has 0 aliphatic heterocycles. The van der Waals surface area contributed by atoms with Crippen LogP contribution in [0.5, 0.6) is 0 Å². The van der Waals surface area contributed by atoms with Gasteiger partial charge in [0, 0.05) is 12.2 Å². The smallest absolute Gasteiger partial charge is 0.307 e. The van der Waals surface area contributed by atoms with Crippen molar-refractivity contribution in [1.29, 1.82) is 0 Å². The van der Waals surface area contributed by atoms with Crippen LogP contribution in [0.15, 0.2) is 24.3 Å². The summed E-state index contributed by atoms with van der Waals surface area (Å²) < 4.78 is 5.21. The first kappa shape index (κ1) is 15.5. The number of ether oxygens (including phenoxy) is 1. The van der Waals surface area contributed by atoms with Crippen molar-refractivity contribution in [2.45, 2.75) is 40.5 Å². The molecule has 0 saturated carbocycles. The van der Waals surface area contributed by atoms with Crippen molar-refractivity contribution in [1.82, 2.24) is 0 Å². The second-order valence-electron chi connectivity index (χ2n) is 6.02. The number of esters is 1. The molecule has 1 rings (SSSR count). The van der Waals surface area contributed by atoms with Crippen molar-refractivity contribution >= 4 is 11.7 Å². The van der Waals surface area contributed by atoms with E-state index in [-0.39, 0.29) is 11.4 Å². The van der Waals surface area contributed by atoms with Crippen molar-refractivity contribution in [2.75, 3.05) is 18.5 Å². The molecule has 1 aromatic rings. The van der Waals surface area contributed by atoms with E-state index >= 15 is 0 Å². The number of carbonyl (C=O) groups is 1. The molecule has 0 spiro atoms. The molecule has 3 heteroatoms. The zero-order chi connectivity index (χ0) is 14.3. The summed E-state index contributed by atoms with van der Waals surface area (Å²) in [6.07, 6.45) is 1.29. The first-order valence-electron chi connectivity index (χ1n) is 6.83. The molecule has 0 radical (unpaired) electrons. The molecule has 1 aromatic carbocycles. The van der Waals surface area contributed by atoms with Crippen molar-refractivity contribution in [2.24, 2.45) is 5.41 Å². The van der Waals surface area contributed by atoms with Gasteiger partial charge in [-0.15, -0.1) is 0 Å². The molecule has 0 aliphatic carbocycles. The zero-order valence-corrected chi connectivity index (χ0v) is 12.5. The normalized spacial score (nSPS) is 11.2. The lowest BCUT2D eigenvalue weighted by Gasteiger charge is -2.17. The summed E-state index contributed by atoms with van der Waals surface area (Å²) in [7, 11) is 0. The van der Waals surface area contributed by atoms with Gasteiger partial charge in [0.1, 0.15) is 0 Å². The Morgan fingerprint density at radius 1 is 1.26 bits per heavy atom. The predicted molar refractivity (Wildman–Crippen MR) is 79.3 cm³/mol. The fourth-order valence-corrected chi connectivity index (χ4v) is 1.61. The number of benzene rings is 1. The molecule has 0 fully saturated rings. The molecule has 0 amide bonds. The number of aryl methyl sites for hydroxylation is 1. The Balaban J connectivity index is 2.19. The molecule has 0 heterocycles. The van der Waals surface area contributed by atoms with Crippen molar-refractivity contribution in [3.63, 3.8) is 0 Å². The van der Waals surface area contributed by atoms with Crippen molar-refractivity contribution < 1.29 is 9.53 Å². The van der Waals surface area contributed by atoms with Gasteiger partial charge in [0.2, 0.25) is 0 Å². The van der Waals surface area contributed by atoms with Crippen LogP contribution < -0.4 is 5.32 Å². The van der Waals surface area contributed by atoms with Gasteiger partial charge in [-0.1, -0.05) is 39.0 Å². The fourth-order valence-electron chi connectivity index (χ4n) is 1.61. The van der Waals surface area contributed by atoms with E-state index in [1.54, 1.807) is 0 Å². The summed E-state index contributed by atoms with van der Waals surface area (Å²) in [4.78, 5) is 11.5. The van der Waals surface area contributed by atoms with Gasteiger partial charge < -0.3 is 10.1 Å². The van der Waals surface area contributed by atoms with Gasteiger partial charge in [-0.3, -0.25) is 4.79 Å². The molecule has 0 aliphatic rings. The summed E-state index contributed by atoms with van der Waals surface area (Å²) >= 11 is 0. The number of hydrogen-bond donors (Lipinski definition) is 1. The molecule has 19 heavy (non-hydrogen) atoms. The van der Waals surface area contributed by atoms with E-state index in [1.165, 1.54) is 5.56 Å². The fraction of sp³-hybridized carbons (Fsp3) is 0.562. The topological polar surface area (TPSA) is 38.3 Å². The highest BCUT2D eigenvalue weighted by molar-refractivity contribution is 5.70. The Labute approximate surface area is 116 Å². The molecule has 0 atom stereocenters. The summed E-state index contributed by atoms with van der Waals surface area (Å²) in [5.74, 6) is -0.134. The second-order valence-corrected chi connectivity index (χ2v) is 6.02. The Kier molecular flexibility index (Phi) is 5.87. The minimum Gasteiger partial charge on any atom is -0.466 e. The van der Waals surface area contributed by atoms with E-state index in [9.17, 15) is 4.79 Å². The first-order chi connectivity index (χ1) is 8.88. The van der Waals surface area contributed by atoms with E-state index in [0.29, 0.717) is 19.6 Å². The van der Waals surface area contributed by atoms with E-state index in [1.807, 2.05) is 31.2 Å². The minimum absolute atomic E-state index is 0.134. The molecule has 3 nitrogen and oxygen atoms in total. The molecule has 0 saturated heterocycles.